The Bertz CT molecular complexity index is 782. The third kappa shape index (κ3) is 28.9. The first kappa shape index (κ1) is 44.0. The number of carbonyl (C=O) groups excluding carboxylic acids is 3. The van der Waals surface area contributed by atoms with Gasteiger partial charge in [0, 0.05) is 18.6 Å². The van der Waals surface area contributed by atoms with Gasteiger partial charge in [-0.05, 0) is 6.42 Å². The van der Waals surface area contributed by atoms with Crippen LogP contribution in [0.1, 0.15) is 39.0 Å². The molecule has 0 N–H and O–H groups in total. The molecule has 0 saturated carbocycles. The molecule has 1 aliphatic heterocycles. The second kappa shape index (κ2) is 34.8. The zero-order valence-corrected chi connectivity index (χ0v) is 28.9. The number of imide groups is 1. The maximum absolute atomic E-state index is 11.5. The number of nitrogens with zero attached hydrogens (tertiary/aromatic N) is 1. The third-order valence-corrected chi connectivity index (χ3v) is 6.43. The highest BCUT2D eigenvalue weighted by atomic mass is 16.6. The Hall–Kier alpha value is -2.05. The van der Waals surface area contributed by atoms with E-state index in [1.54, 1.807) is 0 Å². The summed E-state index contributed by atoms with van der Waals surface area (Å²) in [6, 6.07) is 0. The molecule has 0 radical (unpaired) electrons. The van der Waals surface area contributed by atoms with Gasteiger partial charge in [-0.1, -0.05) is 26.2 Å². The molecular weight excluding hydrogens is 634 g/mol. The van der Waals surface area contributed by atoms with E-state index in [0.29, 0.717) is 132 Å². The SMILES string of the molecule is CCCCCCC(=O)OCCOCCOCCOCCOCCOCCOCCOCCOCCOCCOCCN1C(=O)C=CC1=O. The zero-order chi connectivity index (χ0) is 34.6. The molecule has 0 unspecified atom stereocenters. The van der Waals surface area contributed by atoms with E-state index in [1.165, 1.54) is 12.2 Å². The van der Waals surface area contributed by atoms with Crippen LogP contribution in [-0.2, 0) is 66.5 Å². The lowest BCUT2D eigenvalue weighted by atomic mass is 10.2. The van der Waals surface area contributed by atoms with Gasteiger partial charge in [-0.25, -0.2) is 0 Å². The Labute approximate surface area is 285 Å². The topological polar surface area (TPSA) is 156 Å². The van der Waals surface area contributed by atoms with Crippen molar-refractivity contribution >= 4 is 17.8 Å². The normalized spacial score (nSPS) is 12.9. The van der Waals surface area contributed by atoms with E-state index >= 15 is 0 Å². The lowest BCUT2D eigenvalue weighted by Crippen LogP contribution is -2.33. The highest BCUT2D eigenvalue weighted by Crippen LogP contribution is 2.04. The summed E-state index contributed by atoms with van der Waals surface area (Å²) >= 11 is 0. The summed E-state index contributed by atoms with van der Waals surface area (Å²) in [5, 5.41) is 0. The summed E-state index contributed by atoms with van der Waals surface area (Å²) < 4.78 is 59.5. The number of unbranched alkanes of at least 4 members (excludes halogenated alkanes) is 3. The van der Waals surface area contributed by atoms with E-state index in [4.69, 9.17) is 52.1 Å². The fourth-order valence-corrected chi connectivity index (χ4v) is 3.87. The van der Waals surface area contributed by atoms with Crippen LogP contribution in [0, 0.1) is 0 Å². The summed E-state index contributed by atoms with van der Waals surface area (Å²) in [5.41, 5.74) is 0. The fourth-order valence-electron chi connectivity index (χ4n) is 3.87. The first-order chi connectivity index (χ1) is 23.6. The molecule has 48 heavy (non-hydrogen) atoms. The molecule has 0 bridgehead atoms. The predicted molar refractivity (Wildman–Crippen MR) is 174 cm³/mol. The Balaban J connectivity index is 1.63. The smallest absolute Gasteiger partial charge is 0.305 e. The number of carbonyl (C=O) groups is 3. The highest BCUT2D eigenvalue weighted by molar-refractivity contribution is 6.12. The number of hydrogen-bond donors (Lipinski definition) is 0. The van der Waals surface area contributed by atoms with Crippen LogP contribution >= 0.6 is 0 Å². The van der Waals surface area contributed by atoms with Crippen LogP contribution in [-0.4, -0.2) is 168 Å². The Kier molecular flexibility index (Phi) is 31.9. The van der Waals surface area contributed by atoms with Gasteiger partial charge in [-0.2, -0.15) is 0 Å². The fraction of sp³-hybridized carbons (Fsp3) is 0.848. The number of amides is 2. The van der Waals surface area contributed by atoms with Crippen molar-refractivity contribution in [3.63, 3.8) is 0 Å². The lowest BCUT2D eigenvalue weighted by molar-refractivity contribution is -0.145. The molecule has 0 aromatic rings. The molecule has 0 aromatic carbocycles. The molecular formula is C33H59NO14. The molecule has 1 heterocycles. The summed E-state index contributed by atoms with van der Waals surface area (Å²) in [7, 11) is 0. The van der Waals surface area contributed by atoms with E-state index in [9.17, 15) is 14.4 Å². The first-order valence-corrected chi connectivity index (χ1v) is 17.1. The van der Waals surface area contributed by atoms with Gasteiger partial charge in [0.2, 0.25) is 0 Å². The molecule has 1 rings (SSSR count). The molecule has 0 aromatic heterocycles. The van der Waals surface area contributed by atoms with Gasteiger partial charge < -0.3 is 52.1 Å². The van der Waals surface area contributed by atoms with E-state index in [-0.39, 0.29) is 37.5 Å². The van der Waals surface area contributed by atoms with Crippen molar-refractivity contribution in [1.29, 1.82) is 0 Å². The van der Waals surface area contributed by atoms with Crippen LogP contribution in [0.2, 0.25) is 0 Å². The summed E-state index contributed by atoms with van der Waals surface area (Å²) in [6.45, 7) is 11.6. The predicted octanol–water partition coefficient (Wildman–Crippen LogP) is 1.59. The zero-order valence-electron chi connectivity index (χ0n) is 28.9. The van der Waals surface area contributed by atoms with E-state index in [0.717, 1.165) is 30.6 Å². The molecule has 1 aliphatic rings. The molecule has 15 nitrogen and oxygen atoms in total. The standard InChI is InChI=1S/C33H59NO14/c1-2-3-4-5-6-33(37)48-30-29-47-28-27-46-26-25-45-24-23-44-22-21-43-20-19-42-18-17-41-16-15-40-14-13-39-12-11-38-10-9-34-31(35)7-8-32(34)36/h7-8H,2-6,9-30H2,1H3. The van der Waals surface area contributed by atoms with Gasteiger partial charge in [-0.15, -0.1) is 0 Å². The second-order valence-electron chi connectivity index (χ2n) is 10.3. The molecule has 15 heteroatoms. The number of hydrogen-bond acceptors (Lipinski definition) is 14. The number of ether oxygens (including phenoxy) is 11. The number of esters is 1. The monoisotopic (exact) mass is 693 g/mol. The minimum Gasteiger partial charge on any atom is -0.463 e. The van der Waals surface area contributed by atoms with Gasteiger partial charge in [-0.3, -0.25) is 19.3 Å². The van der Waals surface area contributed by atoms with Crippen LogP contribution in [0.15, 0.2) is 12.2 Å². The number of rotatable bonds is 38. The van der Waals surface area contributed by atoms with Gasteiger partial charge in [0.25, 0.3) is 11.8 Å². The summed E-state index contributed by atoms with van der Waals surface area (Å²) in [6.07, 6.45) is 7.24. The quantitative estimate of drug-likeness (QED) is 0.0522. The van der Waals surface area contributed by atoms with Gasteiger partial charge in [0.05, 0.1) is 139 Å². The Morgan fingerprint density at radius 3 is 1.10 bits per heavy atom. The molecule has 0 fully saturated rings. The van der Waals surface area contributed by atoms with Crippen molar-refractivity contribution in [2.75, 3.05) is 145 Å². The van der Waals surface area contributed by atoms with Crippen molar-refractivity contribution in [3.05, 3.63) is 12.2 Å². The first-order valence-electron chi connectivity index (χ1n) is 17.1. The lowest BCUT2D eigenvalue weighted by Gasteiger charge is -2.13. The van der Waals surface area contributed by atoms with Gasteiger partial charge >= 0.3 is 5.97 Å². The van der Waals surface area contributed by atoms with Crippen LogP contribution in [0.5, 0.6) is 0 Å². The van der Waals surface area contributed by atoms with Crippen LogP contribution in [0.25, 0.3) is 0 Å². The maximum atomic E-state index is 11.5. The van der Waals surface area contributed by atoms with E-state index in [1.807, 2.05) is 0 Å². The minimum atomic E-state index is -0.309. The third-order valence-electron chi connectivity index (χ3n) is 6.43. The van der Waals surface area contributed by atoms with Gasteiger partial charge in [0.15, 0.2) is 0 Å². The minimum absolute atomic E-state index is 0.158. The van der Waals surface area contributed by atoms with Crippen LogP contribution in [0.4, 0.5) is 0 Å². The van der Waals surface area contributed by atoms with Gasteiger partial charge in [0.1, 0.15) is 6.61 Å². The van der Waals surface area contributed by atoms with Crippen molar-refractivity contribution in [3.8, 4) is 0 Å². The molecule has 0 spiro atoms. The highest BCUT2D eigenvalue weighted by Gasteiger charge is 2.22. The van der Waals surface area contributed by atoms with Crippen molar-refractivity contribution in [2.24, 2.45) is 0 Å². The van der Waals surface area contributed by atoms with Crippen molar-refractivity contribution < 1.29 is 66.5 Å². The van der Waals surface area contributed by atoms with Crippen molar-refractivity contribution in [2.45, 2.75) is 39.0 Å². The van der Waals surface area contributed by atoms with Crippen molar-refractivity contribution in [1.82, 2.24) is 4.90 Å². The van der Waals surface area contributed by atoms with Crippen LogP contribution < -0.4 is 0 Å². The van der Waals surface area contributed by atoms with Crippen LogP contribution in [0.3, 0.4) is 0 Å². The maximum Gasteiger partial charge on any atom is 0.305 e. The average molecular weight is 694 g/mol. The van der Waals surface area contributed by atoms with E-state index < -0.39 is 0 Å². The Morgan fingerprint density at radius 2 is 0.771 bits per heavy atom. The molecule has 0 atom stereocenters. The van der Waals surface area contributed by atoms with E-state index in [2.05, 4.69) is 6.92 Å². The molecule has 2 amide bonds. The summed E-state index contributed by atoms with van der Waals surface area (Å²) in [4.78, 5) is 35.5. The average Bonchev–Trinajstić information content (AvgIpc) is 3.41. The molecule has 280 valence electrons. The summed E-state index contributed by atoms with van der Waals surface area (Å²) in [5.74, 6) is -0.776. The largest absolute Gasteiger partial charge is 0.463 e. The molecule has 0 saturated heterocycles. The second-order valence-corrected chi connectivity index (χ2v) is 10.3. The molecule has 0 aliphatic carbocycles. The Morgan fingerprint density at radius 1 is 0.458 bits per heavy atom.